The Hall–Kier alpha value is -2.17. The lowest BCUT2D eigenvalue weighted by Gasteiger charge is -2.06. The molecule has 2 aromatic heterocycles. The second-order valence-electron chi connectivity index (χ2n) is 3.36. The molecule has 0 spiro atoms. The summed E-state index contributed by atoms with van der Waals surface area (Å²) in [5.74, 6) is 0.446. The average Bonchev–Trinajstić information content (AvgIpc) is 2.31. The van der Waals surface area contributed by atoms with Crippen LogP contribution in [0.1, 0.15) is 5.69 Å². The molecule has 2 rings (SSSR count). The fourth-order valence-corrected chi connectivity index (χ4v) is 1.38. The van der Waals surface area contributed by atoms with Crippen LogP contribution in [0.25, 0.3) is 11.3 Å². The van der Waals surface area contributed by atoms with E-state index in [2.05, 4.69) is 20.3 Å². The van der Waals surface area contributed by atoms with Crippen molar-refractivity contribution in [3.63, 3.8) is 0 Å². The van der Waals surface area contributed by atoms with Crippen LogP contribution in [-0.4, -0.2) is 27.1 Å². The van der Waals surface area contributed by atoms with Gasteiger partial charge in [0.2, 0.25) is 0 Å². The Kier molecular flexibility index (Phi) is 2.68. The van der Waals surface area contributed by atoms with Crippen LogP contribution in [0.2, 0.25) is 0 Å². The Balaban J connectivity index is 2.51. The highest BCUT2D eigenvalue weighted by molar-refractivity contribution is 5.71. The molecule has 82 valence electrons. The summed E-state index contributed by atoms with van der Waals surface area (Å²) in [5, 5.41) is 12.7. The van der Waals surface area contributed by atoms with Crippen LogP contribution in [0.15, 0.2) is 24.7 Å². The molecule has 5 nitrogen and oxygen atoms in total. The van der Waals surface area contributed by atoms with E-state index in [0.717, 1.165) is 11.3 Å². The molecule has 0 aliphatic heterocycles. The quantitative estimate of drug-likeness (QED) is 0.797. The van der Waals surface area contributed by atoms with Crippen molar-refractivity contribution in [2.75, 3.05) is 12.4 Å². The van der Waals surface area contributed by atoms with Gasteiger partial charge >= 0.3 is 0 Å². The van der Waals surface area contributed by atoms with Gasteiger partial charge in [0.05, 0.1) is 0 Å². The molecule has 16 heavy (non-hydrogen) atoms. The second-order valence-corrected chi connectivity index (χ2v) is 3.36. The fourth-order valence-electron chi connectivity index (χ4n) is 1.38. The zero-order valence-electron chi connectivity index (χ0n) is 9.10. The molecule has 5 heteroatoms. The SMILES string of the molecule is CNc1ncnc(-c2ccc(C)nc2)c1O. The van der Waals surface area contributed by atoms with E-state index in [4.69, 9.17) is 0 Å². The van der Waals surface area contributed by atoms with Crippen LogP contribution in [0, 0.1) is 6.92 Å². The topological polar surface area (TPSA) is 70.9 Å². The summed E-state index contributed by atoms with van der Waals surface area (Å²) in [6, 6.07) is 3.74. The lowest BCUT2D eigenvalue weighted by atomic mass is 10.2. The summed E-state index contributed by atoms with van der Waals surface area (Å²) in [4.78, 5) is 12.1. The zero-order valence-corrected chi connectivity index (χ0v) is 9.10. The summed E-state index contributed by atoms with van der Waals surface area (Å²) in [7, 11) is 1.69. The number of anilines is 1. The first kappa shape index (κ1) is 10.4. The minimum atomic E-state index is 0.0376. The number of rotatable bonds is 2. The van der Waals surface area contributed by atoms with Gasteiger partial charge < -0.3 is 10.4 Å². The first-order chi connectivity index (χ1) is 7.72. The highest BCUT2D eigenvalue weighted by Gasteiger charge is 2.10. The number of pyridine rings is 1. The normalized spacial score (nSPS) is 10.1. The summed E-state index contributed by atoms with van der Waals surface area (Å²) >= 11 is 0. The monoisotopic (exact) mass is 216 g/mol. The second kappa shape index (κ2) is 4.14. The number of hydrogen-bond donors (Lipinski definition) is 2. The lowest BCUT2D eigenvalue weighted by Crippen LogP contribution is -1.96. The first-order valence-electron chi connectivity index (χ1n) is 4.87. The molecule has 0 aliphatic rings. The van der Waals surface area contributed by atoms with E-state index in [9.17, 15) is 5.11 Å². The van der Waals surface area contributed by atoms with Gasteiger partial charge in [-0.1, -0.05) is 0 Å². The van der Waals surface area contributed by atoms with Gasteiger partial charge in [-0.25, -0.2) is 9.97 Å². The van der Waals surface area contributed by atoms with Crippen molar-refractivity contribution in [3.8, 4) is 17.0 Å². The summed E-state index contributed by atoms with van der Waals surface area (Å²) in [6.07, 6.45) is 3.08. The minimum absolute atomic E-state index is 0.0376. The van der Waals surface area contributed by atoms with Crippen LogP contribution < -0.4 is 5.32 Å². The smallest absolute Gasteiger partial charge is 0.185 e. The van der Waals surface area contributed by atoms with Gasteiger partial charge in [0.1, 0.15) is 12.0 Å². The van der Waals surface area contributed by atoms with Crippen molar-refractivity contribution in [2.45, 2.75) is 6.92 Å². The van der Waals surface area contributed by atoms with Crippen molar-refractivity contribution < 1.29 is 5.11 Å². The third-order valence-corrected chi connectivity index (χ3v) is 2.24. The molecule has 2 heterocycles. The number of aromatic nitrogens is 3. The Morgan fingerprint density at radius 2 is 2.00 bits per heavy atom. The van der Waals surface area contributed by atoms with Crippen LogP contribution in [0.5, 0.6) is 5.75 Å². The first-order valence-corrected chi connectivity index (χ1v) is 4.87. The maximum Gasteiger partial charge on any atom is 0.185 e. The maximum atomic E-state index is 9.90. The standard InChI is InChI=1S/C11H12N4O/c1-7-3-4-8(5-13-7)9-10(16)11(12-2)15-6-14-9/h3-6,16H,1-2H3,(H,12,14,15). The largest absolute Gasteiger partial charge is 0.503 e. The third kappa shape index (κ3) is 1.79. The Bertz CT molecular complexity index is 496. The molecule has 0 aliphatic carbocycles. The number of nitrogens with zero attached hydrogens (tertiary/aromatic N) is 3. The number of aromatic hydroxyl groups is 1. The van der Waals surface area contributed by atoms with Gasteiger partial charge in [0, 0.05) is 24.5 Å². The van der Waals surface area contributed by atoms with E-state index in [-0.39, 0.29) is 5.75 Å². The number of aryl methyl sites for hydroxylation is 1. The van der Waals surface area contributed by atoms with Crippen molar-refractivity contribution in [1.29, 1.82) is 0 Å². The molecule has 2 aromatic rings. The average molecular weight is 216 g/mol. The van der Waals surface area contributed by atoms with Gasteiger partial charge in [-0.05, 0) is 19.1 Å². The van der Waals surface area contributed by atoms with Crippen LogP contribution >= 0.6 is 0 Å². The lowest BCUT2D eigenvalue weighted by molar-refractivity contribution is 0.474. The molecule has 0 fully saturated rings. The molecule has 0 atom stereocenters. The van der Waals surface area contributed by atoms with Crippen LogP contribution in [-0.2, 0) is 0 Å². The highest BCUT2D eigenvalue weighted by atomic mass is 16.3. The van der Waals surface area contributed by atoms with Gasteiger partial charge in [-0.3, -0.25) is 4.98 Å². The van der Waals surface area contributed by atoms with Gasteiger partial charge in [-0.2, -0.15) is 0 Å². The van der Waals surface area contributed by atoms with Crippen molar-refractivity contribution >= 4 is 5.82 Å². The van der Waals surface area contributed by atoms with E-state index in [1.807, 2.05) is 19.1 Å². The summed E-state index contributed by atoms with van der Waals surface area (Å²) in [5.41, 5.74) is 2.17. The van der Waals surface area contributed by atoms with E-state index < -0.39 is 0 Å². The minimum Gasteiger partial charge on any atom is -0.503 e. The Morgan fingerprint density at radius 1 is 1.19 bits per heavy atom. The number of hydrogen-bond acceptors (Lipinski definition) is 5. The molecular formula is C11H12N4O. The van der Waals surface area contributed by atoms with Crippen molar-refractivity contribution in [2.24, 2.45) is 0 Å². The fraction of sp³-hybridized carbons (Fsp3) is 0.182. The van der Waals surface area contributed by atoms with Crippen LogP contribution in [0.4, 0.5) is 5.82 Å². The predicted octanol–water partition coefficient (Wildman–Crippen LogP) is 1.59. The van der Waals surface area contributed by atoms with E-state index >= 15 is 0 Å². The Morgan fingerprint density at radius 3 is 2.62 bits per heavy atom. The molecule has 0 saturated heterocycles. The van der Waals surface area contributed by atoms with Gasteiger partial charge in [0.25, 0.3) is 0 Å². The van der Waals surface area contributed by atoms with Crippen molar-refractivity contribution in [3.05, 3.63) is 30.4 Å². The molecule has 0 amide bonds. The van der Waals surface area contributed by atoms with E-state index in [1.54, 1.807) is 13.2 Å². The van der Waals surface area contributed by atoms with Crippen molar-refractivity contribution in [1.82, 2.24) is 15.0 Å². The molecule has 0 bridgehead atoms. The summed E-state index contributed by atoms with van der Waals surface area (Å²) in [6.45, 7) is 1.91. The van der Waals surface area contributed by atoms with Gasteiger partial charge in [0.15, 0.2) is 11.6 Å². The molecule has 0 unspecified atom stereocenters. The third-order valence-electron chi connectivity index (χ3n) is 2.24. The predicted molar refractivity (Wildman–Crippen MR) is 61.2 cm³/mol. The van der Waals surface area contributed by atoms with E-state index in [0.29, 0.717) is 11.5 Å². The molecular weight excluding hydrogens is 204 g/mol. The summed E-state index contributed by atoms with van der Waals surface area (Å²) < 4.78 is 0. The van der Waals surface area contributed by atoms with Crippen LogP contribution in [0.3, 0.4) is 0 Å². The van der Waals surface area contributed by atoms with E-state index in [1.165, 1.54) is 6.33 Å². The maximum absolute atomic E-state index is 9.90. The highest BCUT2D eigenvalue weighted by Crippen LogP contribution is 2.30. The Labute approximate surface area is 93.2 Å². The molecule has 2 N–H and O–H groups in total. The van der Waals surface area contributed by atoms with Gasteiger partial charge in [-0.15, -0.1) is 0 Å². The molecule has 0 radical (unpaired) electrons. The zero-order chi connectivity index (χ0) is 11.5. The number of nitrogens with one attached hydrogen (secondary N) is 1. The molecule has 0 saturated carbocycles. The molecule has 0 aromatic carbocycles.